The van der Waals surface area contributed by atoms with E-state index in [1.807, 2.05) is 0 Å². The van der Waals surface area contributed by atoms with Gasteiger partial charge >= 0.3 is 0 Å². The summed E-state index contributed by atoms with van der Waals surface area (Å²) in [6, 6.07) is 1.44. The summed E-state index contributed by atoms with van der Waals surface area (Å²) in [5.41, 5.74) is 0. The standard InChI is InChI=1S/C14H29N/c1-4-5-6-8-12(2)15-13(3)11-14-9-7-10-14/h12-15H,4-11H2,1-3H3. The number of rotatable bonds is 8. The molecule has 0 amide bonds. The van der Waals surface area contributed by atoms with Crippen molar-refractivity contribution in [3.05, 3.63) is 0 Å². The van der Waals surface area contributed by atoms with Gasteiger partial charge in [-0.25, -0.2) is 0 Å². The van der Waals surface area contributed by atoms with E-state index in [1.54, 1.807) is 0 Å². The van der Waals surface area contributed by atoms with E-state index in [2.05, 4.69) is 26.1 Å². The number of nitrogens with one attached hydrogen (secondary N) is 1. The van der Waals surface area contributed by atoms with Crippen LogP contribution in [0, 0.1) is 5.92 Å². The molecule has 1 fully saturated rings. The van der Waals surface area contributed by atoms with Crippen molar-refractivity contribution in [3.63, 3.8) is 0 Å². The predicted octanol–water partition coefficient (Wildman–Crippen LogP) is 4.12. The lowest BCUT2D eigenvalue weighted by molar-refractivity contribution is 0.257. The Morgan fingerprint density at radius 2 is 1.87 bits per heavy atom. The predicted molar refractivity (Wildman–Crippen MR) is 68.2 cm³/mol. The Morgan fingerprint density at radius 1 is 1.13 bits per heavy atom. The maximum absolute atomic E-state index is 3.74. The lowest BCUT2D eigenvalue weighted by Crippen LogP contribution is -2.36. The van der Waals surface area contributed by atoms with Crippen LogP contribution in [0.25, 0.3) is 0 Å². The Labute approximate surface area is 96.0 Å². The molecule has 1 aliphatic rings. The first kappa shape index (κ1) is 13.0. The highest BCUT2D eigenvalue weighted by atomic mass is 14.9. The van der Waals surface area contributed by atoms with Crippen LogP contribution >= 0.6 is 0 Å². The van der Waals surface area contributed by atoms with Gasteiger partial charge in [-0.1, -0.05) is 45.4 Å². The number of hydrogen-bond acceptors (Lipinski definition) is 1. The van der Waals surface area contributed by atoms with Crippen molar-refractivity contribution in [2.45, 2.75) is 84.2 Å². The SMILES string of the molecule is CCCCCC(C)NC(C)CC1CCC1. The molecule has 0 heterocycles. The molecule has 1 saturated carbocycles. The van der Waals surface area contributed by atoms with Crippen LogP contribution < -0.4 is 5.32 Å². The molecule has 0 saturated heterocycles. The fourth-order valence-corrected chi connectivity index (χ4v) is 2.57. The van der Waals surface area contributed by atoms with Gasteiger partial charge in [0.2, 0.25) is 0 Å². The van der Waals surface area contributed by atoms with Crippen molar-refractivity contribution >= 4 is 0 Å². The van der Waals surface area contributed by atoms with Crippen LogP contribution in [0.4, 0.5) is 0 Å². The molecule has 2 unspecified atom stereocenters. The lowest BCUT2D eigenvalue weighted by Gasteiger charge is -2.30. The van der Waals surface area contributed by atoms with Crippen molar-refractivity contribution in [3.8, 4) is 0 Å². The number of hydrogen-bond donors (Lipinski definition) is 1. The average molecular weight is 211 g/mol. The van der Waals surface area contributed by atoms with E-state index in [4.69, 9.17) is 0 Å². The summed E-state index contributed by atoms with van der Waals surface area (Å²) in [6.45, 7) is 6.97. The maximum atomic E-state index is 3.74. The van der Waals surface area contributed by atoms with Crippen LogP contribution in [0.2, 0.25) is 0 Å². The van der Waals surface area contributed by atoms with Crippen LogP contribution in [-0.2, 0) is 0 Å². The summed E-state index contributed by atoms with van der Waals surface area (Å²) in [5.74, 6) is 1.04. The Morgan fingerprint density at radius 3 is 2.40 bits per heavy atom. The van der Waals surface area contributed by atoms with Gasteiger partial charge in [0, 0.05) is 12.1 Å². The Kier molecular flexibility index (Phi) is 6.31. The van der Waals surface area contributed by atoms with Crippen molar-refractivity contribution in [2.75, 3.05) is 0 Å². The normalized spacial score (nSPS) is 21.0. The van der Waals surface area contributed by atoms with Gasteiger partial charge < -0.3 is 5.32 Å². The van der Waals surface area contributed by atoms with Crippen molar-refractivity contribution < 1.29 is 0 Å². The minimum absolute atomic E-state index is 0.714. The molecular weight excluding hydrogens is 182 g/mol. The fourth-order valence-electron chi connectivity index (χ4n) is 2.57. The Hall–Kier alpha value is -0.0400. The van der Waals surface area contributed by atoms with Crippen LogP contribution in [0.1, 0.15) is 72.1 Å². The van der Waals surface area contributed by atoms with Crippen LogP contribution in [-0.4, -0.2) is 12.1 Å². The highest BCUT2D eigenvalue weighted by Gasteiger charge is 2.20. The first-order chi connectivity index (χ1) is 7.22. The lowest BCUT2D eigenvalue weighted by atomic mass is 9.81. The van der Waals surface area contributed by atoms with Crippen molar-refractivity contribution in [2.24, 2.45) is 5.92 Å². The van der Waals surface area contributed by atoms with Gasteiger partial charge in [-0.15, -0.1) is 0 Å². The minimum atomic E-state index is 0.714. The molecule has 1 rings (SSSR count). The van der Waals surface area contributed by atoms with E-state index in [0.717, 1.165) is 12.0 Å². The summed E-state index contributed by atoms with van der Waals surface area (Å²) in [5, 5.41) is 3.74. The van der Waals surface area contributed by atoms with Crippen LogP contribution in [0.15, 0.2) is 0 Å². The quantitative estimate of drug-likeness (QED) is 0.595. The zero-order valence-electron chi connectivity index (χ0n) is 10.9. The first-order valence-corrected chi connectivity index (χ1v) is 6.98. The van der Waals surface area contributed by atoms with Crippen LogP contribution in [0.5, 0.6) is 0 Å². The van der Waals surface area contributed by atoms with Crippen molar-refractivity contribution in [1.82, 2.24) is 5.32 Å². The molecule has 0 aromatic carbocycles. The monoisotopic (exact) mass is 211 g/mol. The molecule has 0 bridgehead atoms. The smallest absolute Gasteiger partial charge is 0.00438 e. The van der Waals surface area contributed by atoms with E-state index < -0.39 is 0 Å². The van der Waals surface area contributed by atoms with E-state index in [0.29, 0.717) is 6.04 Å². The second-order valence-electron chi connectivity index (χ2n) is 5.50. The highest BCUT2D eigenvalue weighted by molar-refractivity contribution is 4.76. The van der Waals surface area contributed by atoms with Crippen molar-refractivity contribution in [1.29, 1.82) is 0 Å². The molecule has 1 aliphatic carbocycles. The average Bonchev–Trinajstić information content (AvgIpc) is 2.12. The molecule has 0 aromatic rings. The Balaban J connectivity index is 1.99. The number of unbranched alkanes of at least 4 members (excludes halogenated alkanes) is 2. The van der Waals surface area contributed by atoms with Gasteiger partial charge in [0.25, 0.3) is 0 Å². The molecule has 90 valence electrons. The molecule has 1 heteroatoms. The zero-order valence-corrected chi connectivity index (χ0v) is 10.9. The zero-order chi connectivity index (χ0) is 11.1. The molecule has 1 N–H and O–H groups in total. The third kappa shape index (κ3) is 5.55. The van der Waals surface area contributed by atoms with E-state index in [-0.39, 0.29) is 0 Å². The van der Waals surface area contributed by atoms with Gasteiger partial charge in [0.15, 0.2) is 0 Å². The van der Waals surface area contributed by atoms with E-state index in [9.17, 15) is 0 Å². The third-order valence-electron chi connectivity index (χ3n) is 3.72. The first-order valence-electron chi connectivity index (χ1n) is 6.98. The third-order valence-corrected chi connectivity index (χ3v) is 3.72. The second kappa shape index (κ2) is 7.27. The summed E-state index contributed by atoms with van der Waals surface area (Å²) in [6.07, 6.45) is 11.3. The van der Waals surface area contributed by atoms with E-state index in [1.165, 1.54) is 51.4 Å². The largest absolute Gasteiger partial charge is 0.312 e. The molecule has 0 aliphatic heterocycles. The Bertz CT molecular complexity index is 151. The van der Waals surface area contributed by atoms with Gasteiger partial charge in [-0.05, 0) is 32.6 Å². The fraction of sp³-hybridized carbons (Fsp3) is 1.00. The van der Waals surface area contributed by atoms with Gasteiger partial charge in [-0.3, -0.25) is 0 Å². The van der Waals surface area contributed by atoms with E-state index >= 15 is 0 Å². The minimum Gasteiger partial charge on any atom is -0.312 e. The van der Waals surface area contributed by atoms with Gasteiger partial charge in [0.1, 0.15) is 0 Å². The molecule has 0 radical (unpaired) electrons. The maximum Gasteiger partial charge on any atom is 0.00438 e. The molecule has 2 atom stereocenters. The molecule has 0 aromatic heterocycles. The molecule has 1 nitrogen and oxygen atoms in total. The van der Waals surface area contributed by atoms with Crippen LogP contribution in [0.3, 0.4) is 0 Å². The molecular formula is C14H29N. The molecule has 0 spiro atoms. The van der Waals surface area contributed by atoms with Gasteiger partial charge in [-0.2, -0.15) is 0 Å². The van der Waals surface area contributed by atoms with Gasteiger partial charge in [0.05, 0.1) is 0 Å². The summed E-state index contributed by atoms with van der Waals surface area (Å²) in [7, 11) is 0. The molecule has 15 heavy (non-hydrogen) atoms. The summed E-state index contributed by atoms with van der Waals surface area (Å²) < 4.78 is 0. The summed E-state index contributed by atoms with van der Waals surface area (Å²) in [4.78, 5) is 0. The topological polar surface area (TPSA) is 12.0 Å². The second-order valence-corrected chi connectivity index (χ2v) is 5.50. The summed E-state index contributed by atoms with van der Waals surface area (Å²) >= 11 is 0. The highest BCUT2D eigenvalue weighted by Crippen LogP contribution is 2.30.